The third-order valence-electron chi connectivity index (χ3n) is 1.99. The first-order chi connectivity index (χ1) is 5.24. The number of rotatable bonds is 2. The van der Waals surface area contributed by atoms with E-state index in [0.717, 1.165) is 26.1 Å². The Balaban J connectivity index is 2.28. The fourth-order valence-electron chi connectivity index (χ4n) is 1.32. The van der Waals surface area contributed by atoms with Crippen molar-refractivity contribution in [3.05, 3.63) is 0 Å². The Morgan fingerprint density at radius 1 is 1.36 bits per heavy atom. The van der Waals surface area contributed by atoms with Gasteiger partial charge in [0.25, 0.3) is 0 Å². The van der Waals surface area contributed by atoms with Crippen molar-refractivity contribution in [2.45, 2.75) is 17.2 Å². The van der Waals surface area contributed by atoms with Crippen LogP contribution in [-0.4, -0.2) is 41.8 Å². The molecule has 2 N–H and O–H groups in total. The number of hydrogen-bond acceptors (Lipinski definition) is 2. The second-order valence-corrected chi connectivity index (χ2v) is 4.03. The first-order valence-electron chi connectivity index (χ1n) is 3.94. The van der Waals surface area contributed by atoms with Gasteiger partial charge in [0, 0.05) is 19.6 Å². The molecule has 0 aromatic heterocycles. The molecule has 0 amide bonds. The van der Waals surface area contributed by atoms with Gasteiger partial charge < -0.3 is 10.6 Å². The molecule has 1 saturated heterocycles. The van der Waals surface area contributed by atoms with Crippen molar-refractivity contribution in [3.8, 4) is 0 Å². The van der Waals surface area contributed by atoms with Crippen LogP contribution in [0.3, 0.4) is 0 Å². The van der Waals surface area contributed by atoms with Crippen LogP contribution in [-0.2, 0) is 0 Å². The molecule has 0 bridgehead atoms. The molecular formula is C7H14Cl2N2. The number of hydrogen-bond donors (Lipinski definition) is 1. The number of nitrogens with two attached hydrogens (primary N) is 1. The average molecular weight is 197 g/mol. The van der Waals surface area contributed by atoms with Crippen molar-refractivity contribution < 1.29 is 0 Å². The zero-order valence-corrected chi connectivity index (χ0v) is 7.98. The highest BCUT2D eigenvalue weighted by atomic mass is 35.5. The zero-order valence-electron chi connectivity index (χ0n) is 6.47. The zero-order chi connectivity index (χ0) is 8.27. The molecule has 1 aliphatic heterocycles. The fraction of sp³-hybridized carbons (Fsp3) is 1.00. The SMILES string of the molecule is NCCN1CCC(Cl)C(Cl)C1. The van der Waals surface area contributed by atoms with Crippen LogP contribution in [0.4, 0.5) is 0 Å². The highest BCUT2D eigenvalue weighted by Crippen LogP contribution is 2.20. The van der Waals surface area contributed by atoms with E-state index in [1.807, 2.05) is 0 Å². The quantitative estimate of drug-likeness (QED) is 0.665. The molecular weight excluding hydrogens is 183 g/mol. The van der Waals surface area contributed by atoms with E-state index in [2.05, 4.69) is 4.90 Å². The lowest BCUT2D eigenvalue weighted by molar-refractivity contribution is 0.240. The Kier molecular flexibility index (Phi) is 3.93. The third-order valence-corrected chi connectivity index (χ3v) is 3.09. The Morgan fingerprint density at radius 2 is 2.09 bits per heavy atom. The van der Waals surface area contributed by atoms with Crippen LogP contribution in [0.15, 0.2) is 0 Å². The second kappa shape index (κ2) is 4.51. The van der Waals surface area contributed by atoms with Gasteiger partial charge >= 0.3 is 0 Å². The normalized spacial score (nSPS) is 34.1. The highest BCUT2D eigenvalue weighted by molar-refractivity contribution is 6.30. The summed E-state index contributed by atoms with van der Waals surface area (Å²) < 4.78 is 0. The molecule has 2 unspecified atom stereocenters. The minimum Gasteiger partial charge on any atom is -0.329 e. The summed E-state index contributed by atoms with van der Waals surface area (Å²) in [5, 5.41) is 0.239. The number of alkyl halides is 2. The Morgan fingerprint density at radius 3 is 2.64 bits per heavy atom. The molecule has 0 aliphatic carbocycles. The maximum Gasteiger partial charge on any atom is 0.0627 e. The molecule has 1 heterocycles. The van der Waals surface area contributed by atoms with E-state index in [-0.39, 0.29) is 10.8 Å². The van der Waals surface area contributed by atoms with Crippen LogP contribution >= 0.6 is 23.2 Å². The molecule has 0 radical (unpaired) electrons. The first kappa shape index (κ1) is 9.59. The molecule has 0 aromatic carbocycles. The van der Waals surface area contributed by atoms with E-state index in [4.69, 9.17) is 28.9 Å². The van der Waals surface area contributed by atoms with Gasteiger partial charge in [0.1, 0.15) is 0 Å². The summed E-state index contributed by atoms with van der Waals surface area (Å²) in [6.45, 7) is 3.56. The van der Waals surface area contributed by atoms with Crippen LogP contribution in [0.25, 0.3) is 0 Å². The first-order valence-corrected chi connectivity index (χ1v) is 4.82. The summed E-state index contributed by atoms with van der Waals surface area (Å²) in [5.74, 6) is 0. The second-order valence-electron chi connectivity index (χ2n) is 2.91. The van der Waals surface area contributed by atoms with Gasteiger partial charge in [0.15, 0.2) is 0 Å². The van der Waals surface area contributed by atoms with Gasteiger partial charge in [-0.25, -0.2) is 0 Å². The van der Waals surface area contributed by atoms with Crippen LogP contribution < -0.4 is 5.73 Å². The summed E-state index contributed by atoms with van der Waals surface area (Å²) in [7, 11) is 0. The number of halogens is 2. The van der Waals surface area contributed by atoms with E-state index in [9.17, 15) is 0 Å². The standard InChI is InChI=1S/C7H14Cl2N2/c8-6-1-3-11(4-2-10)5-7(6)9/h6-7H,1-5,10H2. The van der Waals surface area contributed by atoms with E-state index in [1.165, 1.54) is 0 Å². The summed E-state index contributed by atoms with van der Waals surface area (Å²) >= 11 is 11.9. The molecule has 11 heavy (non-hydrogen) atoms. The van der Waals surface area contributed by atoms with Gasteiger partial charge in [-0.15, -0.1) is 23.2 Å². The van der Waals surface area contributed by atoms with Crippen molar-refractivity contribution in [3.63, 3.8) is 0 Å². The lowest BCUT2D eigenvalue weighted by Gasteiger charge is -2.32. The van der Waals surface area contributed by atoms with Gasteiger partial charge in [-0.3, -0.25) is 0 Å². The smallest absolute Gasteiger partial charge is 0.0627 e. The molecule has 66 valence electrons. The molecule has 1 aliphatic rings. The van der Waals surface area contributed by atoms with Crippen LogP contribution in [0.2, 0.25) is 0 Å². The molecule has 2 nitrogen and oxygen atoms in total. The van der Waals surface area contributed by atoms with Crippen molar-refractivity contribution in [1.29, 1.82) is 0 Å². The largest absolute Gasteiger partial charge is 0.329 e. The van der Waals surface area contributed by atoms with Gasteiger partial charge in [0.2, 0.25) is 0 Å². The molecule has 0 saturated carbocycles. The van der Waals surface area contributed by atoms with E-state index in [1.54, 1.807) is 0 Å². The predicted molar refractivity (Wildman–Crippen MR) is 49.4 cm³/mol. The Bertz CT molecular complexity index is 121. The molecule has 0 aromatic rings. The van der Waals surface area contributed by atoms with E-state index < -0.39 is 0 Å². The molecule has 1 rings (SSSR count). The van der Waals surface area contributed by atoms with Crippen molar-refractivity contribution in [2.24, 2.45) is 5.73 Å². The lowest BCUT2D eigenvalue weighted by Crippen LogP contribution is -2.43. The fourth-order valence-corrected chi connectivity index (χ4v) is 1.82. The minimum absolute atomic E-state index is 0.0944. The van der Waals surface area contributed by atoms with E-state index in [0.29, 0.717) is 6.54 Å². The highest BCUT2D eigenvalue weighted by Gasteiger charge is 2.25. The maximum atomic E-state index is 5.98. The summed E-state index contributed by atoms with van der Waals surface area (Å²) in [6.07, 6.45) is 0.982. The monoisotopic (exact) mass is 196 g/mol. The molecule has 0 spiro atoms. The van der Waals surface area contributed by atoms with Gasteiger partial charge in [-0.05, 0) is 13.0 Å². The minimum atomic E-state index is 0.0944. The van der Waals surface area contributed by atoms with Crippen molar-refractivity contribution in [1.82, 2.24) is 4.90 Å². The average Bonchev–Trinajstić information content (AvgIpc) is 1.98. The van der Waals surface area contributed by atoms with Gasteiger partial charge in [-0.2, -0.15) is 0 Å². The maximum absolute atomic E-state index is 5.98. The van der Waals surface area contributed by atoms with Gasteiger partial charge in [-0.1, -0.05) is 0 Å². The van der Waals surface area contributed by atoms with Crippen molar-refractivity contribution >= 4 is 23.2 Å². The predicted octanol–water partition coefficient (Wildman–Crippen LogP) is 0.866. The Labute approximate surface area is 77.6 Å². The number of likely N-dealkylation sites (tertiary alicyclic amines) is 1. The Hall–Kier alpha value is 0.500. The topological polar surface area (TPSA) is 29.3 Å². The molecule has 1 fully saturated rings. The number of nitrogens with zero attached hydrogens (tertiary/aromatic N) is 1. The summed E-state index contributed by atoms with van der Waals surface area (Å²) in [4.78, 5) is 2.26. The summed E-state index contributed by atoms with van der Waals surface area (Å²) in [6, 6.07) is 0. The van der Waals surface area contributed by atoms with Crippen LogP contribution in [0, 0.1) is 0 Å². The van der Waals surface area contributed by atoms with Crippen molar-refractivity contribution in [2.75, 3.05) is 26.2 Å². The molecule has 4 heteroatoms. The van der Waals surface area contributed by atoms with Gasteiger partial charge in [0.05, 0.1) is 10.8 Å². The van der Waals surface area contributed by atoms with Crippen LogP contribution in [0.5, 0.6) is 0 Å². The molecule has 2 atom stereocenters. The van der Waals surface area contributed by atoms with E-state index >= 15 is 0 Å². The summed E-state index contributed by atoms with van der Waals surface area (Å²) in [5.41, 5.74) is 5.42. The number of piperidine rings is 1. The van der Waals surface area contributed by atoms with Crippen LogP contribution in [0.1, 0.15) is 6.42 Å². The lowest BCUT2D eigenvalue weighted by atomic mass is 10.1. The third kappa shape index (κ3) is 2.79.